The Kier molecular flexibility index (Phi) is 5.06. The van der Waals surface area contributed by atoms with Gasteiger partial charge in [0, 0.05) is 12.2 Å². The fraction of sp³-hybridized carbons (Fsp3) is 0.235. The zero-order valence-electron chi connectivity index (χ0n) is 12.2. The lowest BCUT2D eigenvalue weighted by atomic mass is 10.1. The number of nitrogens with one attached hydrogen (secondary N) is 2. The van der Waals surface area contributed by atoms with Crippen LogP contribution in [0.2, 0.25) is 0 Å². The van der Waals surface area contributed by atoms with Crippen molar-refractivity contribution in [2.24, 2.45) is 0 Å². The highest BCUT2D eigenvalue weighted by atomic mass is 19.1. The van der Waals surface area contributed by atoms with Crippen LogP contribution in [-0.4, -0.2) is 12.5 Å². The minimum atomic E-state index is -0.473. The van der Waals surface area contributed by atoms with E-state index < -0.39 is 11.7 Å². The van der Waals surface area contributed by atoms with Crippen molar-refractivity contribution < 1.29 is 9.18 Å². The summed E-state index contributed by atoms with van der Waals surface area (Å²) in [7, 11) is 0. The normalized spacial score (nSPS) is 10.4. The number of benzene rings is 2. The molecule has 1 amide bonds. The molecule has 0 saturated carbocycles. The number of carbonyl (C=O) groups is 1. The minimum Gasteiger partial charge on any atom is -0.322 e. The van der Waals surface area contributed by atoms with Gasteiger partial charge >= 0.3 is 0 Å². The number of carbonyl (C=O) groups excluding carboxylic acids is 1. The van der Waals surface area contributed by atoms with E-state index in [1.165, 1.54) is 6.07 Å². The Hall–Kier alpha value is -2.20. The fourth-order valence-corrected chi connectivity index (χ4v) is 2.00. The first kappa shape index (κ1) is 15.2. The zero-order chi connectivity index (χ0) is 15.2. The van der Waals surface area contributed by atoms with Crippen molar-refractivity contribution in [1.29, 1.82) is 0 Å². The molecule has 0 aliphatic carbocycles. The molecule has 2 N–H and O–H groups in total. The molecule has 0 saturated heterocycles. The molecule has 0 aromatic heterocycles. The summed E-state index contributed by atoms with van der Waals surface area (Å²) >= 11 is 0. The van der Waals surface area contributed by atoms with Crippen molar-refractivity contribution in [3.63, 3.8) is 0 Å². The van der Waals surface area contributed by atoms with Gasteiger partial charge in [-0.15, -0.1) is 0 Å². The molecule has 2 aromatic carbocycles. The Morgan fingerprint density at radius 1 is 1.14 bits per heavy atom. The predicted octanol–water partition coefficient (Wildman–Crippen LogP) is 3.50. The van der Waals surface area contributed by atoms with Crippen LogP contribution in [0.25, 0.3) is 0 Å². The maximum absolute atomic E-state index is 13.9. The number of hydrogen-bond donors (Lipinski definition) is 2. The smallest absolute Gasteiger partial charge is 0.258 e. The molecule has 2 rings (SSSR count). The third kappa shape index (κ3) is 3.89. The third-order valence-corrected chi connectivity index (χ3v) is 3.23. The molecule has 4 heteroatoms. The Bertz CT molecular complexity index is 623. The average Bonchev–Trinajstić information content (AvgIpc) is 2.49. The van der Waals surface area contributed by atoms with Gasteiger partial charge < -0.3 is 10.6 Å². The summed E-state index contributed by atoms with van der Waals surface area (Å²) in [6, 6.07) is 12.3. The Morgan fingerprint density at radius 3 is 2.52 bits per heavy atom. The average molecular weight is 286 g/mol. The van der Waals surface area contributed by atoms with E-state index in [2.05, 4.69) is 10.6 Å². The predicted molar refractivity (Wildman–Crippen MR) is 82.9 cm³/mol. The molecule has 0 atom stereocenters. The topological polar surface area (TPSA) is 41.1 Å². The van der Waals surface area contributed by atoms with Crippen LogP contribution in [0.4, 0.5) is 10.1 Å². The molecule has 0 unspecified atom stereocenters. The van der Waals surface area contributed by atoms with E-state index in [-0.39, 0.29) is 5.56 Å². The highest BCUT2D eigenvalue weighted by molar-refractivity contribution is 6.04. The van der Waals surface area contributed by atoms with Crippen LogP contribution in [-0.2, 0) is 6.54 Å². The highest BCUT2D eigenvalue weighted by Crippen LogP contribution is 2.15. The van der Waals surface area contributed by atoms with Gasteiger partial charge in [-0.3, -0.25) is 4.79 Å². The van der Waals surface area contributed by atoms with E-state index in [0.717, 1.165) is 18.7 Å². The fourth-order valence-electron chi connectivity index (χ4n) is 2.00. The lowest BCUT2D eigenvalue weighted by Gasteiger charge is -2.08. The van der Waals surface area contributed by atoms with Gasteiger partial charge in [-0.1, -0.05) is 31.2 Å². The van der Waals surface area contributed by atoms with Crippen molar-refractivity contribution in [3.05, 3.63) is 65.0 Å². The molecule has 21 heavy (non-hydrogen) atoms. The first-order chi connectivity index (χ1) is 10.1. The molecule has 110 valence electrons. The van der Waals surface area contributed by atoms with E-state index in [0.29, 0.717) is 11.3 Å². The molecule has 0 aliphatic heterocycles. The van der Waals surface area contributed by atoms with Crippen molar-refractivity contribution in [2.45, 2.75) is 20.4 Å². The molecule has 0 heterocycles. The molecule has 0 radical (unpaired) electrons. The van der Waals surface area contributed by atoms with Gasteiger partial charge in [-0.05, 0) is 42.8 Å². The first-order valence-electron chi connectivity index (χ1n) is 6.98. The minimum absolute atomic E-state index is 0.0618. The van der Waals surface area contributed by atoms with Crippen LogP contribution in [0.1, 0.15) is 28.4 Å². The number of amides is 1. The number of rotatable bonds is 5. The van der Waals surface area contributed by atoms with Gasteiger partial charge in [0.25, 0.3) is 5.91 Å². The molecule has 0 fully saturated rings. The van der Waals surface area contributed by atoms with E-state index in [1.807, 2.05) is 31.2 Å². The van der Waals surface area contributed by atoms with Gasteiger partial charge in [0.05, 0.1) is 5.56 Å². The number of aryl methyl sites for hydroxylation is 1. The van der Waals surface area contributed by atoms with Crippen LogP contribution in [0.5, 0.6) is 0 Å². The van der Waals surface area contributed by atoms with E-state index >= 15 is 0 Å². The molecular weight excluding hydrogens is 267 g/mol. The molecule has 3 nitrogen and oxygen atoms in total. The van der Waals surface area contributed by atoms with Gasteiger partial charge in [-0.25, -0.2) is 4.39 Å². The van der Waals surface area contributed by atoms with E-state index in [4.69, 9.17) is 0 Å². The maximum atomic E-state index is 13.9. The summed E-state index contributed by atoms with van der Waals surface area (Å²) < 4.78 is 13.9. The molecule has 0 aliphatic rings. The standard InChI is InChI=1S/C17H19FN2O/c1-3-19-11-13-7-9-14(10-8-13)20-17(21)15-6-4-5-12(2)16(15)18/h4-10,19H,3,11H2,1-2H3,(H,20,21). The summed E-state index contributed by atoms with van der Waals surface area (Å²) in [5.41, 5.74) is 2.31. The summed E-state index contributed by atoms with van der Waals surface area (Å²) in [5, 5.41) is 5.94. The van der Waals surface area contributed by atoms with Crippen molar-refractivity contribution in [3.8, 4) is 0 Å². The van der Waals surface area contributed by atoms with Gasteiger partial charge in [0.15, 0.2) is 0 Å². The molecule has 0 bridgehead atoms. The lowest BCUT2D eigenvalue weighted by molar-refractivity contribution is 0.102. The van der Waals surface area contributed by atoms with Gasteiger partial charge in [0.2, 0.25) is 0 Å². The summed E-state index contributed by atoms with van der Waals surface area (Å²) in [6.07, 6.45) is 0. The van der Waals surface area contributed by atoms with Crippen LogP contribution >= 0.6 is 0 Å². The van der Waals surface area contributed by atoms with Crippen molar-refractivity contribution in [1.82, 2.24) is 5.32 Å². The van der Waals surface area contributed by atoms with Crippen LogP contribution in [0.3, 0.4) is 0 Å². The monoisotopic (exact) mass is 286 g/mol. The second-order valence-electron chi connectivity index (χ2n) is 4.87. The lowest BCUT2D eigenvalue weighted by Crippen LogP contribution is -2.15. The molecule has 0 spiro atoms. The summed E-state index contributed by atoms with van der Waals surface area (Å²) in [6.45, 7) is 5.38. The Balaban J connectivity index is 2.07. The van der Waals surface area contributed by atoms with Crippen LogP contribution in [0, 0.1) is 12.7 Å². The molecular formula is C17H19FN2O. The number of halogens is 1. The second kappa shape index (κ2) is 6.99. The maximum Gasteiger partial charge on any atom is 0.258 e. The van der Waals surface area contributed by atoms with Crippen LogP contribution in [0.15, 0.2) is 42.5 Å². The highest BCUT2D eigenvalue weighted by Gasteiger charge is 2.13. The van der Waals surface area contributed by atoms with Crippen molar-refractivity contribution >= 4 is 11.6 Å². The molecule has 2 aromatic rings. The van der Waals surface area contributed by atoms with E-state index in [1.54, 1.807) is 19.1 Å². The van der Waals surface area contributed by atoms with Gasteiger partial charge in [0.1, 0.15) is 5.82 Å². The SMILES string of the molecule is CCNCc1ccc(NC(=O)c2cccc(C)c2F)cc1. The van der Waals surface area contributed by atoms with Crippen molar-refractivity contribution in [2.75, 3.05) is 11.9 Å². The third-order valence-electron chi connectivity index (χ3n) is 3.23. The summed E-state index contributed by atoms with van der Waals surface area (Å²) in [5.74, 6) is -0.908. The largest absolute Gasteiger partial charge is 0.322 e. The zero-order valence-corrected chi connectivity index (χ0v) is 12.2. The Labute approximate surface area is 124 Å². The second-order valence-corrected chi connectivity index (χ2v) is 4.87. The number of anilines is 1. The summed E-state index contributed by atoms with van der Waals surface area (Å²) in [4.78, 5) is 12.1. The number of hydrogen-bond acceptors (Lipinski definition) is 2. The quantitative estimate of drug-likeness (QED) is 0.883. The Morgan fingerprint density at radius 2 is 1.86 bits per heavy atom. The van der Waals surface area contributed by atoms with Gasteiger partial charge in [-0.2, -0.15) is 0 Å². The first-order valence-corrected chi connectivity index (χ1v) is 6.98. The van der Waals surface area contributed by atoms with Crippen LogP contribution < -0.4 is 10.6 Å². The van der Waals surface area contributed by atoms with E-state index in [9.17, 15) is 9.18 Å².